The highest BCUT2D eigenvalue weighted by Gasteiger charge is 2.40. The number of nitrogens with zero attached hydrogens (tertiary/aromatic N) is 1. The summed E-state index contributed by atoms with van der Waals surface area (Å²) in [6.07, 6.45) is 4.34. The Morgan fingerprint density at radius 1 is 1.38 bits per heavy atom. The van der Waals surface area contributed by atoms with Crippen LogP contribution in [-0.4, -0.2) is 42.8 Å². The van der Waals surface area contributed by atoms with E-state index in [4.69, 9.17) is 10.5 Å². The highest BCUT2D eigenvalue weighted by atomic mass is 16.5. The van der Waals surface area contributed by atoms with Crippen molar-refractivity contribution in [2.24, 2.45) is 11.1 Å². The van der Waals surface area contributed by atoms with Gasteiger partial charge in [-0.1, -0.05) is 6.42 Å². The van der Waals surface area contributed by atoms with Gasteiger partial charge in [-0.3, -0.25) is 4.90 Å². The van der Waals surface area contributed by atoms with Gasteiger partial charge in [0.1, 0.15) is 0 Å². The molecule has 0 aromatic heterocycles. The minimum absolute atomic E-state index is 0.00278. The van der Waals surface area contributed by atoms with Gasteiger partial charge in [-0.05, 0) is 45.6 Å². The second-order valence-corrected chi connectivity index (χ2v) is 6.42. The highest BCUT2D eigenvalue weighted by molar-refractivity contribution is 4.94. The summed E-state index contributed by atoms with van der Waals surface area (Å²) in [5, 5.41) is 0. The van der Waals surface area contributed by atoms with Crippen LogP contribution in [0, 0.1) is 5.41 Å². The SMILES string of the molecule is CC1CN(CC2(CN)CCC2)CC(C)(C)O1. The van der Waals surface area contributed by atoms with Crippen molar-refractivity contribution in [3.63, 3.8) is 0 Å². The largest absolute Gasteiger partial charge is 0.370 e. The van der Waals surface area contributed by atoms with Gasteiger partial charge in [0.2, 0.25) is 0 Å². The molecule has 0 radical (unpaired) electrons. The molecule has 1 heterocycles. The summed E-state index contributed by atoms with van der Waals surface area (Å²) in [4.78, 5) is 2.56. The maximum atomic E-state index is 5.93. The Balaban J connectivity index is 1.94. The predicted molar refractivity (Wildman–Crippen MR) is 66.4 cm³/mol. The van der Waals surface area contributed by atoms with Crippen LogP contribution in [0.15, 0.2) is 0 Å². The Morgan fingerprint density at radius 2 is 2.06 bits per heavy atom. The molecule has 0 amide bonds. The van der Waals surface area contributed by atoms with E-state index in [1.807, 2.05) is 0 Å². The number of hydrogen-bond acceptors (Lipinski definition) is 3. The van der Waals surface area contributed by atoms with Crippen LogP contribution in [-0.2, 0) is 4.74 Å². The highest BCUT2D eigenvalue weighted by Crippen LogP contribution is 2.41. The van der Waals surface area contributed by atoms with E-state index >= 15 is 0 Å². The van der Waals surface area contributed by atoms with Crippen LogP contribution in [0.4, 0.5) is 0 Å². The predicted octanol–water partition coefficient (Wildman–Crippen LogP) is 1.61. The van der Waals surface area contributed by atoms with Crippen LogP contribution in [0.3, 0.4) is 0 Å². The van der Waals surface area contributed by atoms with E-state index in [1.54, 1.807) is 0 Å². The molecule has 2 aliphatic rings. The molecule has 16 heavy (non-hydrogen) atoms. The minimum Gasteiger partial charge on any atom is -0.370 e. The lowest BCUT2D eigenvalue weighted by Gasteiger charge is -2.49. The first kappa shape index (κ1) is 12.3. The van der Waals surface area contributed by atoms with Crippen molar-refractivity contribution < 1.29 is 4.74 Å². The molecule has 1 saturated heterocycles. The fourth-order valence-electron chi connectivity index (χ4n) is 3.28. The van der Waals surface area contributed by atoms with Gasteiger partial charge in [0.15, 0.2) is 0 Å². The molecule has 1 atom stereocenters. The van der Waals surface area contributed by atoms with E-state index in [0.717, 1.165) is 19.6 Å². The van der Waals surface area contributed by atoms with Gasteiger partial charge in [0.25, 0.3) is 0 Å². The summed E-state index contributed by atoms with van der Waals surface area (Å²) in [6.45, 7) is 10.7. The van der Waals surface area contributed by atoms with Gasteiger partial charge in [-0.25, -0.2) is 0 Å². The number of morpholine rings is 1. The maximum absolute atomic E-state index is 5.93. The van der Waals surface area contributed by atoms with Crippen LogP contribution in [0.2, 0.25) is 0 Å². The molecule has 3 nitrogen and oxygen atoms in total. The van der Waals surface area contributed by atoms with Crippen molar-refractivity contribution in [1.29, 1.82) is 0 Å². The van der Waals surface area contributed by atoms with E-state index in [9.17, 15) is 0 Å². The quantitative estimate of drug-likeness (QED) is 0.794. The van der Waals surface area contributed by atoms with Gasteiger partial charge in [-0.2, -0.15) is 0 Å². The zero-order valence-electron chi connectivity index (χ0n) is 11.0. The molecule has 0 spiro atoms. The van der Waals surface area contributed by atoms with Crippen LogP contribution in [0.5, 0.6) is 0 Å². The lowest BCUT2D eigenvalue weighted by Crippen LogP contribution is -2.56. The monoisotopic (exact) mass is 226 g/mol. The van der Waals surface area contributed by atoms with Gasteiger partial charge < -0.3 is 10.5 Å². The Hall–Kier alpha value is -0.120. The molecule has 1 saturated carbocycles. The van der Waals surface area contributed by atoms with Crippen molar-refractivity contribution in [3.8, 4) is 0 Å². The number of ether oxygens (including phenoxy) is 1. The number of rotatable bonds is 3. The summed E-state index contributed by atoms with van der Waals surface area (Å²) >= 11 is 0. The fourth-order valence-corrected chi connectivity index (χ4v) is 3.28. The Labute approximate surface area is 99.3 Å². The fraction of sp³-hybridized carbons (Fsp3) is 1.00. The second-order valence-electron chi connectivity index (χ2n) is 6.42. The van der Waals surface area contributed by atoms with Crippen LogP contribution in [0.1, 0.15) is 40.0 Å². The third-order valence-corrected chi connectivity index (χ3v) is 4.05. The Morgan fingerprint density at radius 3 is 2.50 bits per heavy atom. The minimum atomic E-state index is -0.00278. The third kappa shape index (κ3) is 2.58. The first-order valence-electron chi connectivity index (χ1n) is 6.55. The molecule has 0 aromatic rings. The second kappa shape index (κ2) is 4.28. The average molecular weight is 226 g/mol. The standard InChI is InChI=1S/C13H26N2O/c1-11-7-15(9-12(2,3)16-11)10-13(8-14)5-4-6-13/h11H,4-10,14H2,1-3H3. The van der Waals surface area contributed by atoms with Crippen molar-refractivity contribution in [1.82, 2.24) is 4.90 Å². The Kier molecular flexibility index (Phi) is 3.30. The van der Waals surface area contributed by atoms with Crippen LogP contribution >= 0.6 is 0 Å². The first-order chi connectivity index (χ1) is 7.45. The summed E-state index contributed by atoms with van der Waals surface area (Å²) < 4.78 is 5.93. The molecule has 0 bridgehead atoms. The zero-order valence-corrected chi connectivity index (χ0v) is 11.0. The lowest BCUT2D eigenvalue weighted by molar-refractivity contribution is -0.138. The Bertz CT molecular complexity index is 243. The maximum Gasteiger partial charge on any atom is 0.0757 e. The summed E-state index contributed by atoms with van der Waals surface area (Å²) in [5.41, 5.74) is 6.35. The van der Waals surface area contributed by atoms with E-state index < -0.39 is 0 Å². The molecule has 0 aromatic carbocycles. The molecule has 2 fully saturated rings. The van der Waals surface area contributed by atoms with Crippen molar-refractivity contribution in [3.05, 3.63) is 0 Å². The normalized spacial score (nSPS) is 33.4. The van der Waals surface area contributed by atoms with Crippen molar-refractivity contribution in [2.75, 3.05) is 26.2 Å². The number of nitrogens with two attached hydrogens (primary N) is 1. The molecular weight excluding hydrogens is 200 g/mol. The van der Waals surface area contributed by atoms with Gasteiger partial charge in [0.05, 0.1) is 11.7 Å². The molecule has 3 heteroatoms. The summed E-state index contributed by atoms with van der Waals surface area (Å²) in [5.74, 6) is 0. The lowest BCUT2D eigenvalue weighted by atomic mass is 9.68. The molecule has 2 rings (SSSR count). The topological polar surface area (TPSA) is 38.5 Å². The summed E-state index contributed by atoms with van der Waals surface area (Å²) in [6, 6.07) is 0. The molecule has 2 N–H and O–H groups in total. The van der Waals surface area contributed by atoms with E-state index in [1.165, 1.54) is 25.8 Å². The van der Waals surface area contributed by atoms with Crippen molar-refractivity contribution in [2.45, 2.75) is 51.7 Å². The molecule has 1 unspecified atom stereocenters. The molecule has 1 aliphatic carbocycles. The number of hydrogen-bond donors (Lipinski definition) is 1. The van der Waals surface area contributed by atoms with Gasteiger partial charge in [-0.15, -0.1) is 0 Å². The zero-order chi connectivity index (χ0) is 11.8. The average Bonchev–Trinajstić information content (AvgIpc) is 2.08. The van der Waals surface area contributed by atoms with Crippen LogP contribution in [0.25, 0.3) is 0 Å². The van der Waals surface area contributed by atoms with Gasteiger partial charge >= 0.3 is 0 Å². The third-order valence-electron chi connectivity index (χ3n) is 4.05. The van der Waals surface area contributed by atoms with Crippen LogP contribution < -0.4 is 5.73 Å². The van der Waals surface area contributed by atoms with Crippen molar-refractivity contribution >= 4 is 0 Å². The smallest absolute Gasteiger partial charge is 0.0757 e. The van der Waals surface area contributed by atoms with E-state index in [-0.39, 0.29) is 5.60 Å². The summed E-state index contributed by atoms with van der Waals surface area (Å²) in [7, 11) is 0. The van der Waals surface area contributed by atoms with E-state index in [0.29, 0.717) is 11.5 Å². The van der Waals surface area contributed by atoms with E-state index in [2.05, 4.69) is 25.7 Å². The molecule has 94 valence electrons. The first-order valence-corrected chi connectivity index (χ1v) is 6.55. The molecular formula is C13H26N2O. The van der Waals surface area contributed by atoms with Gasteiger partial charge in [0, 0.05) is 19.6 Å². The molecule has 1 aliphatic heterocycles.